The van der Waals surface area contributed by atoms with E-state index < -0.39 is 18.2 Å². The van der Waals surface area contributed by atoms with Gasteiger partial charge in [-0.2, -0.15) is 8.42 Å². The molecule has 1 aromatic carbocycles. The van der Waals surface area contributed by atoms with Crippen molar-refractivity contribution in [2.75, 3.05) is 0 Å². The van der Waals surface area contributed by atoms with Gasteiger partial charge in [0.1, 0.15) is 0 Å². The topological polar surface area (TPSA) is 54.4 Å². The van der Waals surface area contributed by atoms with E-state index >= 15 is 0 Å². The van der Waals surface area contributed by atoms with E-state index in [9.17, 15) is 13.0 Å². The molecule has 1 atom stereocenters. The van der Waals surface area contributed by atoms with Crippen LogP contribution in [0.25, 0.3) is 0 Å². The molecule has 0 spiro atoms. The van der Waals surface area contributed by atoms with Crippen LogP contribution in [0.2, 0.25) is 19.6 Å². The van der Waals surface area contributed by atoms with Crippen LogP contribution in [-0.4, -0.2) is 21.0 Å². The molecule has 0 bridgehead atoms. The Kier molecular flexibility index (Phi) is 3.86. The summed E-state index contributed by atoms with van der Waals surface area (Å²) in [5.41, 5.74) is 1.93. The molecule has 0 saturated heterocycles. The molecular formula is C12H20O3SSi. The molecule has 1 N–H and O–H groups in total. The third kappa shape index (κ3) is 3.40. The van der Waals surface area contributed by atoms with Gasteiger partial charge < -0.3 is 0 Å². The second-order valence-corrected chi connectivity index (χ2v) is 12.6. The normalized spacial score (nSPS) is 14.7. The molecule has 0 amide bonds. The lowest BCUT2D eigenvalue weighted by atomic mass is 10.1. The molecule has 1 unspecified atom stereocenters. The minimum Gasteiger partial charge on any atom is -0.282 e. The summed E-state index contributed by atoms with van der Waals surface area (Å²) in [5.74, 6) is 0. The Balaban J connectivity index is 3.46. The van der Waals surface area contributed by atoms with E-state index in [1.807, 2.05) is 19.9 Å². The van der Waals surface area contributed by atoms with Crippen LogP contribution in [0.3, 0.4) is 0 Å². The average molecular weight is 272 g/mol. The lowest BCUT2D eigenvalue weighted by Gasteiger charge is -2.27. The van der Waals surface area contributed by atoms with Crippen LogP contribution >= 0.6 is 0 Å². The summed E-state index contributed by atoms with van der Waals surface area (Å²) >= 11 is 0. The summed E-state index contributed by atoms with van der Waals surface area (Å²) in [4.78, 5) is 0.0537. The van der Waals surface area contributed by atoms with Crippen molar-refractivity contribution in [3.63, 3.8) is 0 Å². The molecule has 1 aromatic rings. The van der Waals surface area contributed by atoms with Crippen LogP contribution in [0.5, 0.6) is 0 Å². The predicted molar refractivity (Wildman–Crippen MR) is 72.8 cm³/mol. The maximum atomic E-state index is 11.4. The zero-order valence-electron chi connectivity index (χ0n) is 11.0. The summed E-state index contributed by atoms with van der Waals surface area (Å²) in [6, 6.07) is 5.08. The first kappa shape index (κ1) is 14.4. The van der Waals surface area contributed by atoms with Crippen LogP contribution in [-0.2, 0) is 10.1 Å². The van der Waals surface area contributed by atoms with Crippen molar-refractivity contribution in [1.82, 2.24) is 0 Å². The molecule has 0 fully saturated rings. The average Bonchev–Trinajstić information content (AvgIpc) is 2.13. The summed E-state index contributed by atoms with van der Waals surface area (Å²) in [6.45, 7) is 10.5. The van der Waals surface area contributed by atoms with E-state index in [1.54, 1.807) is 6.07 Å². The van der Waals surface area contributed by atoms with Gasteiger partial charge in [0.2, 0.25) is 0 Å². The highest BCUT2D eigenvalue weighted by Gasteiger charge is 2.28. The van der Waals surface area contributed by atoms with Crippen molar-refractivity contribution in [2.24, 2.45) is 0 Å². The Morgan fingerprint density at radius 3 is 2.18 bits per heavy atom. The first-order chi connectivity index (χ1) is 7.53. The van der Waals surface area contributed by atoms with Gasteiger partial charge in [0.05, 0.1) is 13.0 Å². The van der Waals surface area contributed by atoms with Gasteiger partial charge in [-0.25, -0.2) is 0 Å². The van der Waals surface area contributed by atoms with Crippen LogP contribution in [0.15, 0.2) is 23.1 Å². The molecule has 0 heterocycles. The van der Waals surface area contributed by atoms with Gasteiger partial charge >= 0.3 is 0 Å². The van der Waals surface area contributed by atoms with Gasteiger partial charge in [-0.1, -0.05) is 44.3 Å². The second kappa shape index (κ2) is 4.55. The number of hydrogen-bond donors (Lipinski definition) is 1. The highest BCUT2D eigenvalue weighted by Crippen LogP contribution is 2.31. The molecule has 1 rings (SSSR count). The zero-order valence-corrected chi connectivity index (χ0v) is 12.8. The van der Waals surface area contributed by atoms with E-state index in [0.717, 1.165) is 11.1 Å². The lowest BCUT2D eigenvalue weighted by molar-refractivity contribution is 0.482. The summed E-state index contributed by atoms with van der Waals surface area (Å²) in [6.07, 6.45) is 0. The van der Waals surface area contributed by atoms with E-state index in [4.69, 9.17) is 0 Å². The van der Waals surface area contributed by atoms with E-state index in [0.29, 0.717) is 0 Å². The van der Waals surface area contributed by atoms with Crippen molar-refractivity contribution in [2.45, 2.75) is 43.9 Å². The molecule has 96 valence electrons. The fourth-order valence-corrected chi connectivity index (χ4v) is 3.76. The van der Waals surface area contributed by atoms with Gasteiger partial charge in [0.15, 0.2) is 0 Å². The Labute approximate surface area is 105 Å². The smallest absolute Gasteiger partial charge is 0.282 e. The van der Waals surface area contributed by atoms with Gasteiger partial charge in [0.25, 0.3) is 10.1 Å². The molecule has 0 aliphatic rings. The maximum absolute atomic E-state index is 11.4. The number of aryl methyl sites for hydroxylation is 1. The molecule has 3 nitrogen and oxygen atoms in total. The van der Waals surface area contributed by atoms with Crippen molar-refractivity contribution in [3.05, 3.63) is 29.3 Å². The molecule has 5 heteroatoms. The van der Waals surface area contributed by atoms with E-state index in [-0.39, 0.29) is 10.4 Å². The first-order valence-electron chi connectivity index (χ1n) is 5.61. The summed E-state index contributed by atoms with van der Waals surface area (Å²) < 4.78 is 32.0. The minimum atomic E-state index is -4.13. The second-order valence-electron chi connectivity index (χ2n) is 5.60. The molecule has 0 radical (unpaired) electrons. The van der Waals surface area contributed by atoms with Crippen molar-refractivity contribution in [1.29, 1.82) is 0 Å². The predicted octanol–water partition coefficient (Wildman–Crippen LogP) is 3.22. The first-order valence-corrected chi connectivity index (χ1v) is 10.6. The number of hydrogen-bond acceptors (Lipinski definition) is 2. The van der Waals surface area contributed by atoms with Crippen molar-refractivity contribution >= 4 is 18.2 Å². The molecule has 0 aliphatic heterocycles. The highest BCUT2D eigenvalue weighted by atomic mass is 32.2. The van der Waals surface area contributed by atoms with Gasteiger partial charge in [0, 0.05) is 0 Å². The van der Waals surface area contributed by atoms with E-state index in [1.165, 1.54) is 6.07 Å². The lowest BCUT2D eigenvalue weighted by Crippen LogP contribution is -2.30. The van der Waals surface area contributed by atoms with Crippen LogP contribution in [0, 0.1) is 6.92 Å². The third-order valence-corrected chi connectivity index (χ3v) is 7.05. The highest BCUT2D eigenvalue weighted by molar-refractivity contribution is 7.85. The molecule has 0 aliphatic carbocycles. The van der Waals surface area contributed by atoms with Crippen molar-refractivity contribution in [3.8, 4) is 0 Å². The SMILES string of the molecule is Cc1ccc(S(=O)(=O)O)c(C(C)[Si](C)(C)C)c1. The molecule has 0 saturated carbocycles. The zero-order chi connectivity index (χ0) is 13.4. The van der Waals surface area contributed by atoms with Crippen LogP contribution < -0.4 is 0 Å². The number of rotatable bonds is 3. The fraction of sp³-hybridized carbons (Fsp3) is 0.500. The third-order valence-electron chi connectivity index (χ3n) is 3.21. The number of benzene rings is 1. The van der Waals surface area contributed by atoms with Crippen molar-refractivity contribution < 1.29 is 13.0 Å². The Hall–Kier alpha value is -0.653. The standard InChI is InChI=1S/C12H20O3SSi/c1-9-6-7-12(16(13,14)15)11(8-9)10(2)17(3,4)5/h6-8,10H,1-5H3,(H,13,14,15). The van der Waals surface area contributed by atoms with E-state index in [2.05, 4.69) is 19.6 Å². The Bertz CT molecular complexity index is 515. The minimum absolute atomic E-state index is 0.0537. The quantitative estimate of drug-likeness (QED) is 0.679. The maximum Gasteiger partial charge on any atom is 0.294 e. The van der Waals surface area contributed by atoms with Crippen LogP contribution in [0.4, 0.5) is 0 Å². The van der Waals surface area contributed by atoms with Gasteiger partial charge in [-0.3, -0.25) is 4.55 Å². The Morgan fingerprint density at radius 2 is 1.76 bits per heavy atom. The summed E-state index contributed by atoms with van der Waals surface area (Å²) in [5, 5.41) is 0. The Morgan fingerprint density at radius 1 is 1.24 bits per heavy atom. The molecular weight excluding hydrogens is 252 g/mol. The summed E-state index contributed by atoms with van der Waals surface area (Å²) in [7, 11) is -5.64. The van der Waals surface area contributed by atoms with Gasteiger partial charge in [-0.05, 0) is 24.1 Å². The monoisotopic (exact) mass is 272 g/mol. The largest absolute Gasteiger partial charge is 0.294 e. The van der Waals surface area contributed by atoms with Crippen LogP contribution in [0.1, 0.15) is 23.6 Å². The molecule has 17 heavy (non-hydrogen) atoms. The molecule has 0 aromatic heterocycles. The fourth-order valence-electron chi connectivity index (χ4n) is 1.71. The van der Waals surface area contributed by atoms with Gasteiger partial charge in [-0.15, -0.1) is 0 Å².